The molecule has 26 heavy (non-hydrogen) atoms. The first-order valence-electron chi connectivity index (χ1n) is 9.26. The normalized spacial score (nSPS) is 36.4. The quantitative estimate of drug-likeness (QED) is 0.772. The predicted molar refractivity (Wildman–Crippen MR) is 94.2 cm³/mol. The topological polar surface area (TPSA) is 57.2 Å². The molecular weight excluding hydrogens is 334 g/mol. The molecule has 0 saturated carbocycles. The fourth-order valence-electron chi connectivity index (χ4n) is 4.28. The van der Waals surface area contributed by atoms with Gasteiger partial charge in [-0.2, -0.15) is 0 Å². The van der Waals surface area contributed by atoms with Crippen LogP contribution in [0.4, 0.5) is 0 Å². The SMILES string of the molecule is CC1(C)OC[C@H]([C@@H]2C[C@H](N3[C@H](c4ccccc4)COC3(C)C)C(=O)O2)O1. The van der Waals surface area contributed by atoms with E-state index in [1.807, 2.05) is 45.9 Å². The molecule has 0 aliphatic carbocycles. The van der Waals surface area contributed by atoms with Gasteiger partial charge in [0.2, 0.25) is 0 Å². The average Bonchev–Trinajstić information content (AvgIpc) is 3.23. The van der Waals surface area contributed by atoms with Crippen molar-refractivity contribution in [3.63, 3.8) is 0 Å². The Balaban J connectivity index is 1.56. The van der Waals surface area contributed by atoms with Gasteiger partial charge in [0, 0.05) is 6.42 Å². The van der Waals surface area contributed by atoms with Crippen molar-refractivity contribution < 1.29 is 23.7 Å². The summed E-state index contributed by atoms with van der Waals surface area (Å²) in [7, 11) is 0. The lowest BCUT2D eigenvalue weighted by Crippen LogP contribution is -2.49. The molecule has 0 radical (unpaired) electrons. The second kappa shape index (κ2) is 6.30. The Kier molecular flexibility index (Phi) is 4.34. The highest BCUT2D eigenvalue weighted by Crippen LogP contribution is 2.42. The van der Waals surface area contributed by atoms with Crippen molar-refractivity contribution in [3.8, 4) is 0 Å². The third-order valence-electron chi connectivity index (χ3n) is 5.51. The molecule has 0 N–H and O–H groups in total. The second-order valence-electron chi connectivity index (χ2n) is 8.19. The van der Waals surface area contributed by atoms with Crippen LogP contribution in [0.25, 0.3) is 0 Å². The molecule has 6 heteroatoms. The highest BCUT2D eigenvalue weighted by molar-refractivity contribution is 5.78. The number of rotatable bonds is 3. The largest absolute Gasteiger partial charge is 0.458 e. The van der Waals surface area contributed by atoms with Gasteiger partial charge < -0.3 is 18.9 Å². The van der Waals surface area contributed by atoms with Crippen molar-refractivity contribution in [2.45, 2.75) is 69.9 Å². The van der Waals surface area contributed by atoms with Crippen molar-refractivity contribution in [3.05, 3.63) is 35.9 Å². The lowest BCUT2D eigenvalue weighted by Gasteiger charge is -2.36. The van der Waals surface area contributed by atoms with Crippen LogP contribution in [0.3, 0.4) is 0 Å². The van der Waals surface area contributed by atoms with Gasteiger partial charge in [-0.3, -0.25) is 9.69 Å². The van der Waals surface area contributed by atoms with Crippen LogP contribution in [-0.4, -0.2) is 53.8 Å². The maximum Gasteiger partial charge on any atom is 0.323 e. The zero-order valence-corrected chi connectivity index (χ0v) is 15.8. The number of carbonyl (C=O) groups is 1. The van der Waals surface area contributed by atoms with E-state index in [2.05, 4.69) is 17.0 Å². The fourth-order valence-corrected chi connectivity index (χ4v) is 4.28. The van der Waals surface area contributed by atoms with Crippen molar-refractivity contribution in [1.82, 2.24) is 4.90 Å². The van der Waals surface area contributed by atoms with Crippen LogP contribution >= 0.6 is 0 Å². The maximum atomic E-state index is 12.7. The van der Waals surface area contributed by atoms with E-state index in [9.17, 15) is 4.79 Å². The van der Waals surface area contributed by atoms with E-state index in [1.54, 1.807) is 0 Å². The maximum absolute atomic E-state index is 12.7. The molecule has 1 aromatic rings. The van der Waals surface area contributed by atoms with Gasteiger partial charge in [-0.05, 0) is 33.3 Å². The third-order valence-corrected chi connectivity index (χ3v) is 5.51. The predicted octanol–water partition coefficient (Wildman–Crippen LogP) is 2.63. The van der Waals surface area contributed by atoms with Gasteiger partial charge in [-0.15, -0.1) is 0 Å². The first kappa shape index (κ1) is 17.9. The smallest absolute Gasteiger partial charge is 0.323 e. The van der Waals surface area contributed by atoms with Crippen LogP contribution in [0.15, 0.2) is 30.3 Å². The Hall–Kier alpha value is -1.47. The molecule has 0 unspecified atom stereocenters. The van der Waals surface area contributed by atoms with Gasteiger partial charge in [-0.1, -0.05) is 30.3 Å². The summed E-state index contributed by atoms with van der Waals surface area (Å²) in [5, 5.41) is 0. The van der Waals surface area contributed by atoms with Gasteiger partial charge in [0.15, 0.2) is 5.79 Å². The van der Waals surface area contributed by atoms with Crippen LogP contribution < -0.4 is 0 Å². The van der Waals surface area contributed by atoms with Crippen LogP contribution in [-0.2, 0) is 23.7 Å². The van der Waals surface area contributed by atoms with Gasteiger partial charge in [0.1, 0.15) is 24.0 Å². The average molecular weight is 361 g/mol. The molecule has 0 amide bonds. The molecule has 6 nitrogen and oxygen atoms in total. The summed E-state index contributed by atoms with van der Waals surface area (Å²) < 4.78 is 23.3. The summed E-state index contributed by atoms with van der Waals surface area (Å²) >= 11 is 0. The lowest BCUT2D eigenvalue weighted by atomic mass is 9.99. The summed E-state index contributed by atoms with van der Waals surface area (Å²) in [6, 6.07) is 9.86. The zero-order chi connectivity index (χ0) is 18.5. The Morgan fingerprint density at radius 2 is 1.69 bits per heavy atom. The van der Waals surface area contributed by atoms with Crippen LogP contribution in [0.1, 0.15) is 45.7 Å². The molecule has 4 rings (SSSR count). The lowest BCUT2D eigenvalue weighted by molar-refractivity contribution is -0.164. The summed E-state index contributed by atoms with van der Waals surface area (Å²) in [5.41, 5.74) is 0.613. The summed E-state index contributed by atoms with van der Waals surface area (Å²) in [6.07, 6.45) is 0.0712. The summed E-state index contributed by atoms with van der Waals surface area (Å²) in [5.74, 6) is -0.833. The Morgan fingerprint density at radius 1 is 0.962 bits per heavy atom. The molecule has 4 atom stereocenters. The minimum atomic E-state index is -0.627. The first-order chi connectivity index (χ1) is 12.3. The number of hydrogen-bond acceptors (Lipinski definition) is 6. The Morgan fingerprint density at radius 3 is 2.35 bits per heavy atom. The number of benzene rings is 1. The first-order valence-corrected chi connectivity index (χ1v) is 9.26. The zero-order valence-electron chi connectivity index (χ0n) is 15.8. The van der Waals surface area contributed by atoms with Gasteiger partial charge in [-0.25, -0.2) is 0 Å². The van der Waals surface area contributed by atoms with Crippen LogP contribution in [0, 0.1) is 0 Å². The van der Waals surface area contributed by atoms with E-state index in [0.717, 1.165) is 5.56 Å². The van der Waals surface area contributed by atoms with E-state index < -0.39 is 11.5 Å². The summed E-state index contributed by atoms with van der Waals surface area (Å²) in [4.78, 5) is 14.9. The molecular formula is C20H27NO5. The van der Waals surface area contributed by atoms with Crippen molar-refractivity contribution in [2.24, 2.45) is 0 Å². The van der Waals surface area contributed by atoms with Crippen molar-refractivity contribution >= 4 is 5.97 Å². The van der Waals surface area contributed by atoms with Gasteiger partial charge >= 0.3 is 5.97 Å². The molecule has 3 heterocycles. The fraction of sp³-hybridized carbons (Fsp3) is 0.650. The van der Waals surface area contributed by atoms with Crippen LogP contribution in [0.5, 0.6) is 0 Å². The Bertz CT molecular complexity index is 674. The van der Waals surface area contributed by atoms with E-state index in [-0.39, 0.29) is 30.3 Å². The molecule has 3 aliphatic rings. The standard InChI is InChI=1S/C20H27NO5/c1-19(2)21(15(11-23-19)13-8-6-5-7-9-13)14-10-16(25-18(14)22)17-12-24-20(3,4)26-17/h5-9,14-17H,10-12H2,1-4H3/t14-,15-,16-,17+/m0/s1. The number of nitrogens with zero attached hydrogens (tertiary/aromatic N) is 1. The Labute approximate surface area is 154 Å². The van der Waals surface area contributed by atoms with Crippen LogP contribution in [0.2, 0.25) is 0 Å². The molecule has 0 aromatic heterocycles. The van der Waals surface area contributed by atoms with E-state index in [4.69, 9.17) is 18.9 Å². The van der Waals surface area contributed by atoms with Gasteiger partial charge in [0.05, 0.1) is 19.3 Å². The minimum absolute atomic E-state index is 0.0275. The molecule has 142 valence electrons. The number of ether oxygens (including phenoxy) is 4. The molecule has 3 aliphatic heterocycles. The molecule has 1 aromatic carbocycles. The highest BCUT2D eigenvalue weighted by atomic mass is 16.8. The molecule has 3 saturated heterocycles. The minimum Gasteiger partial charge on any atom is -0.458 e. The monoisotopic (exact) mass is 361 g/mol. The van der Waals surface area contributed by atoms with Crippen molar-refractivity contribution in [2.75, 3.05) is 13.2 Å². The van der Waals surface area contributed by atoms with E-state index >= 15 is 0 Å². The second-order valence-corrected chi connectivity index (χ2v) is 8.19. The highest BCUT2D eigenvalue weighted by Gasteiger charge is 2.53. The molecule has 0 bridgehead atoms. The number of carbonyl (C=O) groups excluding carboxylic acids is 1. The third kappa shape index (κ3) is 3.16. The van der Waals surface area contributed by atoms with Crippen molar-refractivity contribution in [1.29, 1.82) is 0 Å². The molecule has 0 spiro atoms. The van der Waals surface area contributed by atoms with Gasteiger partial charge in [0.25, 0.3) is 0 Å². The van der Waals surface area contributed by atoms with E-state index in [0.29, 0.717) is 19.6 Å². The number of cyclic esters (lactones) is 1. The molecule has 3 fully saturated rings. The number of hydrogen-bond donors (Lipinski definition) is 0. The number of esters is 1. The van der Waals surface area contributed by atoms with E-state index in [1.165, 1.54) is 0 Å². The summed E-state index contributed by atoms with van der Waals surface area (Å²) in [6.45, 7) is 8.78.